The lowest BCUT2D eigenvalue weighted by Crippen LogP contribution is -2.33. The van der Waals surface area contributed by atoms with Crippen LogP contribution in [0.3, 0.4) is 0 Å². The quantitative estimate of drug-likeness (QED) is 0.808. The SMILES string of the molecule is CC1(C)CCC(NC(=O)c2cc(N)ccc2Cl)C1. The first-order chi connectivity index (χ1) is 8.37. The van der Waals surface area contributed by atoms with Crippen LogP contribution in [0.2, 0.25) is 5.02 Å². The number of rotatable bonds is 2. The molecule has 1 aliphatic rings. The Morgan fingerprint density at radius 2 is 2.22 bits per heavy atom. The number of nitrogen functional groups attached to an aromatic ring is 1. The third-order valence-corrected chi connectivity index (χ3v) is 3.87. The molecule has 1 aliphatic carbocycles. The van der Waals surface area contributed by atoms with E-state index < -0.39 is 0 Å². The largest absolute Gasteiger partial charge is 0.399 e. The molecule has 2 rings (SSSR count). The van der Waals surface area contributed by atoms with Gasteiger partial charge in [-0.25, -0.2) is 0 Å². The van der Waals surface area contributed by atoms with Gasteiger partial charge in [-0.3, -0.25) is 4.79 Å². The maximum Gasteiger partial charge on any atom is 0.253 e. The molecular formula is C14H19ClN2O. The molecule has 0 spiro atoms. The normalized spacial score (nSPS) is 21.8. The number of amides is 1. The van der Waals surface area contributed by atoms with Gasteiger partial charge in [0.25, 0.3) is 5.91 Å². The zero-order valence-electron chi connectivity index (χ0n) is 10.8. The first-order valence-corrected chi connectivity index (χ1v) is 6.61. The molecule has 4 heteroatoms. The molecule has 1 aromatic carbocycles. The molecule has 1 saturated carbocycles. The van der Waals surface area contributed by atoms with E-state index in [9.17, 15) is 4.79 Å². The molecular weight excluding hydrogens is 248 g/mol. The topological polar surface area (TPSA) is 55.1 Å². The second-order valence-corrected chi connectivity index (χ2v) is 6.22. The minimum atomic E-state index is -0.130. The van der Waals surface area contributed by atoms with Crippen LogP contribution < -0.4 is 11.1 Å². The van der Waals surface area contributed by atoms with Crippen molar-refractivity contribution in [1.29, 1.82) is 0 Å². The van der Waals surface area contributed by atoms with Gasteiger partial charge < -0.3 is 11.1 Å². The van der Waals surface area contributed by atoms with E-state index in [-0.39, 0.29) is 11.9 Å². The standard InChI is InChI=1S/C14H19ClN2O/c1-14(2)6-5-10(8-14)17-13(18)11-7-9(16)3-4-12(11)15/h3-4,7,10H,5-6,8,16H2,1-2H3,(H,17,18). The lowest BCUT2D eigenvalue weighted by atomic mass is 9.92. The Kier molecular flexibility index (Phi) is 3.53. The number of carbonyl (C=O) groups excluding carboxylic acids is 1. The minimum absolute atomic E-state index is 0.130. The molecule has 3 N–H and O–H groups in total. The molecule has 0 aromatic heterocycles. The van der Waals surface area contributed by atoms with Gasteiger partial charge >= 0.3 is 0 Å². The molecule has 1 amide bonds. The van der Waals surface area contributed by atoms with E-state index in [4.69, 9.17) is 17.3 Å². The number of nitrogens with one attached hydrogen (secondary N) is 1. The van der Waals surface area contributed by atoms with Crippen LogP contribution in [0.15, 0.2) is 18.2 Å². The van der Waals surface area contributed by atoms with Crippen LogP contribution >= 0.6 is 11.6 Å². The van der Waals surface area contributed by atoms with Gasteiger partial charge in [-0.1, -0.05) is 25.4 Å². The summed E-state index contributed by atoms with van der Waals surface area (Å²) in [7, 11) is 0. The number of benzene rings is 1. The Balaban J connectivity index is 2.06. The van der Waals surface area contributed by atoms with E-state index in [1.165, 1.54) is 0 Å². The molecule has 0 saturated heterocycles. The third kappa shape index (κ3) is 2.96. The van der Waals surface area contributed by atoms with Crippen LogP contribution in [-0.4, -0.2) is 11.9 Å². The van der Waals surface area contributed by atoms with Crippen molar-refractivity contribution in [2.24, 2.45) is 5.41 Å². The first-order valence-electron chi connectivity index (χ1n) is 6.23. The molecule has 0 aliphatic heterocycles. The summed E-state index contributed by atoms with van der Waals surface area (Å²) >= 11 is 6.02. The van der Waals surface area contributed by atoms with E-state index in [1.54, 1.807) is 18.2 Å². The fourth-order valence-corrected chi connectivity index (χ4v) is 2.74. The second-order valence-electron chi connectivity index (χ2n) is 5.82. The zero-order chi connectivity index (χ0) is 13.3. The number of anilines is 1. The van der Waals surface area contributed by atoms with Crippen LogP contribution in [0.1, 0.15) is 43.5 Å². The number of halogens is 1. The monoisotopic (exact) mass is 266 g/mol. The molecule has 1 atom stereocenters. The molecule has 0 radical (unpaired) electrons. The molecule has 98 valence electrons. The summed E-state index contributed by atoms with van der Waals surface area (Å²) in [4.78, 5) is 12.1. The molecule has 1 unspecified atom stereocenters. The molecule has 0 bridgehead atoms. The Morgan fingerprint density at radius 1 is 1.50 bits per heavy atom. The number of carbonyl (C=O) groups is 1. The predicted molar refractivity (Wildman–Crippen MR) is 74.8 cm³/mol. The summed E-state index contributed by atoms with van der Waals surface area (Å²) in [6.07, 6.45) is 3.18. The van der Waals surface area contributed by atoms with Crippen molar-refractivity contribution < 1.29 is 4.79 Å². The van der Waals surface area contributed by atoms with Crippen molar-refractivity contribution in [1.82, 2.24) is 5.32 Å². The van der Waals surface area contributed by atoms with Gasteiger partial charge in [0.2, 0.25) is 0 Å². The van der Waals surface area contributed by atoms with E-state index in [0.29, 0.717) is 21.7 Å². The number of hydrogen-bond acceptors (Lipinski definition) is 2. The minimum Gasteiger partial charge on any atom is -0.399 e. The maximum absolute atomic E-state index is 12.1. The fourth-order valence-electron chi connectivity index (χ4n) is 2.54. The Morgan fingerprint density at radius 3 is 2.83 bits per heavy atom. The average Bonchev–Trinajstić information content (AvgIpc) is 2.61. The van der Waals surface area contributed by atoms with Crippen LogP contribution in [0.5, 0.6) is 0 Å². The van der Waals surface area contributed by atoms with E-state index >= 15 is 0 Å². The highest BCUT2D eigenvalue weighted by molar-refractivity contribution is 6.34. The first kappa shape index (κ1) is 13.2. The van der Waals surface area contributed by atoms with Gasteiger partial charge in [0.1, 0.15) is 0 Å². The van der Waals surface area contributed by atoms with Crippen LogP contribution in [0.4, 0.5) is 5.69 Å². The Bertz CT molecular complexity index is 471. The predicted octanol–water partition coefficient (Wildman–Crippen LogP) is 3.23. The summed E-state index contributed by atoms with van der Waals surface area (Å²) in [6.45, 7) is 4.46. The van der Waals surface area contributed by atoms with E-state index in [2.05, 4.69) is 19.2 Å². The molecule has 3 nitrogen and oxygen atoms in total. The number of hydrogen-bond donors (Lipinski definition) is 2. The average molecular weight is 267 g/mol. The van der Waals surface area contributed by atoms with Crippen LogP contribution in [-0.2, 0) is 0 Å². The highest BCUT2D eigenvalue weighted by atomic mass is 35.5. The van der Waals surface area contributed by atoms with Gasteiger partial charge in [-0.15, -0.1) is 0 Å². The molecule has 0 heterocycles. The molecule has 18 heavy (non-hydrogen) atoms. The molecule has 1 aromatic rings. The lowest BCUT2D eigenvalue weighted by molar-refractivity contribution is 0.0936. The smallest absolute Gasteiger partial charge is 0.253 e. The van der Waals surface area contributed by atoms with Crippen LogP contribution in [0.25, 0.3) is 0 Å². The zero-order valence-corrected chi connectivity index (χ0v) is 11.6. The van der Waals surface area contributed by atoms with E-state index in [0.717, 1.165) is 19.3 Å². The summed E-state index contributed by atoms with van der Waals surface area (Å²) in [5.41, 5.74) is 7.01. The summed E-state index contributed by atoms with van der Waals surface area (Å²) < 4.78 is 0. The highest BCUT2D eigenvalue weighted by Crippen LogP contribution is 2.37. The van der Waals surface area contributed by atoms with Gasteiger partial charge in [0.05, 0.1) is 10.6 Å². The van der Waals surface area contributed by atoms with Crippen LogP contribution in [0, 0.1) is 5.41 Å². The summed E-state index contributed by atoms with van der Waals surface area (Å²) in [5.74, 6) is -0.130. The summed E-state index contributed by atoms with van der Waals surface area (Å²) in [5, 5.41) is 3.48. The van der Waals surface area contributed by atoms with Gasteiger partial charge in [-0.05, 0) is 42.9 Å². The maximum atomic E-state index is 12.1. The van der Waals surface area contributed by atoms with Crippen molar-refractivity contribution in [3.05, 3.63) is 28.8 Å². The fraction of sp³-hybridized carbons (Fsp3) is 0.500. The second kappa shape index (κ2) is 4.81. The van der Waals surface area contributed by atoms with E-state index in [1.807, 2.05) is 0 Å². The van der Waals surface area contributed by atoms with Crippen molar-refractivity contribution in [2.75, 3.05) is 5.73 Å². The van der Waals surface area contributed by atoms with Gasteiger partial charge in [-0.2, -0.15) is 0 Å². The summed E-state index contributed by atoms with van der Waals surface area (Å²) in [6, 6.07) is 5.21. The van der Waals surface area contributed by atoms with Crippen molar-refractivity contribution in [3.63, 3.8) is 0 Å². The Hall–Kier alpha value is -1.22. The highest BCUT2D eigenvalue weighted by Gasteiger charge is 2.32. The van der Waals surface area contributed by atoms with Crippen molar-refractivity contribution >= 4 is 23.2 Å². The lowest BCUT2D eigenvalue weighted by Gasteiger charge is -2.18. The Labute approximate surface area is 113 Å². The van der Waals surface area contributed by atoms with Gasteiger partial charge in [0.15, 0.2) is 0 Å². The number of nitrogens with two attached hydrogens (primary N) is 1. The van der Waals surface area contributed by atoms with Gasteiger partial charge in [0, 0.05) is 11.7 Å². The third-order valence-electron chi connectivity index (χ3n) is 3.54. The molecule has 1 fully saturated rings. The van der Waals surface area contributed by atoms with Crippen molar-refractivity contribution in [2.45, 2.75) is 39.2 Å². The van der Waals surface area contributed by atoms with Crippen molar-refractivity contribution in [3.8, 4) is 0 Å².